The quantitative estimate of drug-likeness (QED) is 0.603. The predicted octanol–water partition coefficient (Wildman–Crippen LogP) is 3.21. The fourth-order valence-corrected chi connectivity index (χ4v) is 2.48. The van der Waals surface area contributed by atoms with Crippen LogP contribution in [0.3, 0.4) is 0 Å². The van der Waals surface area contributed by atoms with Gasteiger partial charge >= 0.3 is 0 Å². The number of benzene rings is 1. The van der Waals surface area contributed by atoms with E-state index in [0.29, 0.717) is 35.6 Å². The summed E-state index contributed by atoms with van der Waals surface area (Å²) in [6, 6.07) is 15.1. The average Bonchev–Trinajstić information content (AvgIpc) is 2.65. The number of aliphatic hydroxyl groups excluding tert-OH is 1. The lowest BCUT2D eigenvalue weighted by molar-refractivity contribution is 0.311. The Labute approximate surface area is 150 Å². The highest BCUT2D eigenvalue weighted by Gasteiger charge is 2.07. The molecule has 128 valence electrons. The highest BCUT2D eigenvalue weighted by atomic mass is 35.5. The second kappa shape index (κ2) is 8.41. The minimum absolute atomic E-state index is 0.00243. The number of aliphatic hydroxyl groups is 1. The van der Waals surface area contributed by atoms with Crippen molar-refractivity contribution in [1.29, 1.82) is 0 Å². The van der Waals surface area contributed by atoms with Crippen molar-refractivity contribution in [2.75, 3.05) is 23.8 Å². The zero-order valence-corrected chi connectivity index (χ0v) is 14.2. The molecule has 0 atom stereocenters. The molecular formula is C18H18ClN5O. The van der Waals surface area contributed by atoms with Gasteiger partial charge in [0.1, 0.15) is 5.82 Å². The number of rotatable bonds is 7. The van der Waals surface area contributed by atoms with Gasteiger partial charge in [-0.2, -0.15) is 4.98 Å². The average molecular weight is 356 g/mol. The number of nitrogens with zero attached hydrogens (tertiary/aromatic N) is 3. The number of nitrogens with one attached hydrogen (secondary N) is 2. The van der Waals surface area contributed by atoms with E-state index < -0.39 is 0 Å². The van der Waals surface area contributed by atoms with Gasteiger partial charge < -0.3 is 15.7 Å². The highest BCUT2D eigenvalue weighted by Crippen LogP contribution is 2.20. The van der Waals surface area contributed by atoms with Gasteiger partial charge in [-0.1, -0.05) is 29.8 Å². The Morgan fingerprint density at radius 1 is 0.960 bits per heavy atom. The van der Waals surface area contributed by atoms with Crippen LogP contribution in [0.5, 0.6) is 0 Å². The van der Waals surface area contributed by atoms with Crippen molar-refractivity contribution in [2.45, 2.75) is 6.54 Å². The van der Waals surface area contributed by atoms with Crippen molar-refractivity contribution >= 4 is 23.4 Å². The van der Waals surface area contributed by atoms with Crippen molar-refractivity contribution in [3.63, 3.8) is 0 Å². The molecule has 0 radical (unpaired) electrons. The van der Waals surface area contributed by atoms with Gasteiger partial charge in [-0.25, -0.2) is 4.98 Å². The first-order chi connectivity index (χ1) is 12.2. The van der Waals surface area contributed by atoms with Crippen LogP contribution in [0.2, 0.25) is 5.02 Å². The van der Waals surface area contributed by atoms with Gasteiger partial charge in [0.2, 0.25) is 5.95 Å². The second-order valence-electron chi connectivity index (χ2n) is 5.31. The van der Waals surface area contributed by atoms with Crippen LogP contribution >= 0.6 is 11.6 Å². The summed E-state index contributed by atoms with van der Waals surface area (Å²) in [5.41, 5.74) is 2.50. The fourth-order valence-electron chi connectivity index (χ4n) is 2.27. The Balaban J connectivity index is 1.84. The second-order valence-corrected chi connectivity index (χ2v) is 5.75. The molecule has 0 fully saturated rings. The zero-order chi connectivity index (χ0) is 17.5. The number of pyridine rings is 1. The molecule has 2 aromatic heterocycles. The van der Waals surface area contributed by atoms with Crippen molar-refractivity contribution in [1.82, 2.24) is 15.0 Å². The Kier molecular flexibility index (Phi) is 5.77. The van der Waals surface area contributed by atoms with Crippen molar-refractivity contribution < 1.29 is 5.11 Å². The maximum Gasteiger partial charge on any atom is 0.225 e. The van der Waals surface area contributed by atoms with Crippen molar-refractivity contribution in [3.8, 4) is 11.4 Å². The Bertz CT molecular complexity index is 829. The lowest BCUT2D eigenvalue weighted by atomic mass is 10.2. The Morgan fingerprint density at radius 3 is 2.64 bits per heavy atom. The van der Waals surface area contributed by atoms with E-state index in [0.717, 1.165) is 11.3 Å². The Hall–Kier alpha value is -2.70. The minimum Gasteiger partial charge on any atom is -0.395 e. The summed E-state index contributed by atoms with van der Waals surface area (Å²) in [4.78, 5) is 13.2. The summed E-state index contributed by atoms with van der Waals surface area (Å²) < 4.78 is 0. The molecule has 1 aromatic carbocycles. The maximum atomic E-state index is 9.00. The van der Waals surface area contributed by atoms with E-state index >= 15 is 0 Å². The van der Waals surface area contributed by atoms with E-state index in [1.54, 1.807) is 6.20 Å². The van der Waals surface area contributed by atoms with Crippen LogP contribution in [0, 0.1) is 0 Å². The van der Waals surface area contributed by atoms with Gasteiger partial charge in [-0.05, 0) is 29.8 Å². The molecule has 0 aliphatic rings. The van der Waals surface area contributed by atoms with Crippen LogP contribution in [0.1, 0.15) is 5.56 Å². The number of anilines is 2. The van der Waals surface area contributed by atoms with Gasteiger partial charge in [0.25, 0.3) is 0 Å². The van der Waals surface area contributed by atoms with Crippen molar-refractivity contribution in [3.05, 3.63) is 65.3 Å². The molecule has 3 rings (SSSR count). The van der Waals surface area contributed by atoms with Gasteiger partial charge in [0, 0.05) is 30.4 Å². The molecular weight excluding hydrogens is 338 g/mol. The third-order valence-corrected chi connectivity index (χ3v) is 3.65. The van der Waals surface area contributed by atoms with Crippen LogP contribution in [0.4, 0.5) is 11.8 Å². The normalized spacial score (nSPS) is 10.5. The first-order valence-corrected chi connectivity index (χ1v) is 8.26. The maximum absolute atomic E-state index is 9.00. The molecule has 3 N–H and O–H groups in total. The van der Waals surface area contributed by atoms with Crippen molar-refractivity contribution in [2.24, 2.45) is 0 Å². The zero-order valence-electron chi connectivity index (χ0n) is 13.5. The van der Waals surface area contributed by atoms with E-state index in [2.05, 4.69) is 25.6 Å². The topological polar surface area (TPSA) is 83.0 Å². The monoisotopic (exact) mass is 355 g/mol. The minimum atomic E-state index is 0.00243. The van der Waals surface area contributed by atoms with E-state index in [-0.39, 0.29) is 6.61 Å². The summed E-state index contributed by atoms with van der Waals surface area (Å²) in [5.74, 6) is 1.10. The predicted molar refractivity (Wildman–Crippen MR) is 99.6 cm³/mol. The SMILES string of the molecule is OCCNc1nc(NCc2cccc(Cl)c2)cc(-c2ccccn2)n1. The molecule has 2 heterocycles. The summed E-state index contributed by atoms with van der Waals surface area (Å²) >= 11 is 6.02. The van der Waals surface area contributed by atoms with Gasteiger partial charge in [-0.3, -0.25) is 4.98 Å². The highest BCUT2D eigenvalue weighted by molar-refractivity contribution is 6.30. The van der Waals surface area contributed by atoms with E-state index in [1.807, 2.05) is 48.5 Å². The molecule has 0 spiro atoms. The smallest absolute Gasteiger partial charge is 0.225 e. The first-order valence-electron chi connectivity index (χ1n) is 7.88. The molecule has 3 aromatic rings. The number of hydrogen-bond donors (Lipinski definition) is 3. The molecule has 7 heteroatoms. The molecule has 0 saturated heterocycles. The number of aromatic nitrogens is 3. The summed E-state index contributed by atoms with van der Waals surface area (Å²) in [5, 5.41) is 16.0. The fraction of sp³-hybridized carbons (Fsp3) is 0.167. The third kappa shape index (κ3) is 4.89. The first kappa shape index (κ1) is 17.1. The summed E-state index contributed by atoms with van der Waals surface area (Å²) in [6.07, 6.45) is 1.72. The number of halogens is 1. The van der Waals surface area contributed by atoms with Crippen LogP contribution in [-0.2, 0) is 6.54 Å². The Morgan fingerprint density at radius 2 is 1.88 bits per heavy atom. The molecule has 0 aliphatic heterocycles. The summed E-state index contributed by atoms with van der Waals surface area (Å²) in [7, 11) is 0. The van der Waals surface area contributed by atoms with Crippen LogP contribution < -0.4 is 10.6 Å². The van der Waals surface area contributed by atoms with Gasteiger partial charge in [0.15, 0.2) is 0 Å². The lowest BCUT2D eigenvalue weighted by Crippen LogP contribution is -2.11. The number of hydrogen-bond acceptors (Lipinski definition) is 6. The van der Waals surface area contributed by atoms with Crippen LogP contribution in [-0.4, -0.2) is 33.2 Å². The standard InChI is InChI=1S/C18H18ClN5O/c19-14-5-3-4-13(10-14)12-22-17-11-16(15-6-1-2-7-20-15)23-18(24-17)21-8-9-25/h1-7,10-11,25H,8-9,12H2,(H2,21,22,23,24). The molecule has 0 aliphatic carbocycles. The molecule has 0 amide bonds. The molecule has 25 heavy (non-hydrogen) atoms. The largest absolute Gasteiger partial charge is 0.395 e. The van der Waals surface area contributed by atoms with Crippen LogP contribution in [0.15, 0.2) is 54.7 Å². The lowest BCUT2D eigenvalue weighted by Gasteiger charge is -2.11. The van der Waals surface area contributed by atoms with E-state index in [9.17, 15) is 0 Å². The molecule has 0 bridgehead atoms. The molecule has 0 unspecified atom stereocenters. The van der Waals surface area contributed by atoms with Gasteiger partial charge in [0.05, 0.1) is 18.0 Å². The van der Waals surface area contributed by atoms with E-state index in [1.165, 1.54) is 0 Å². The molecule has 0 saturated carbocycles. The van der Waals surface area contributed by atoms with E-state index in [4.69, 9.17) is 16.7 Å². The molecule has 6 nitrogen and oxygen atoms in total. The summed E-state index contributed by atoms with van der Waals surface area (Å²) in [6.45, 7) is 0.959. The van der Waals surface area contributed by atoms with Gasteiger partial charge in [-0.15, -0.1) is 0 Å². The third-order valence-electron chi connectivity index (χ3n) is 3.41. The van der Waals surface area contributed by atoms with Crippen LogP contribution in [0.25, 0.3) is 11.4 Å².